The molecule has 3 N–H and O–H groups in total. The molecule has 1 aliphatic carbocycles. The first-order valence-corrected chi connectivity index (χ1v) is 9.31. The summed E-state index contributed by atoms with van der Waals surface area (Å²) < 4.78 is 27.4. The molecule has 0 radical (unpaired) electrons. The highest BCUT2D eigenvalue weighted by atomic mass is 32.2. The third-order valence-corrected chi connectivity index (χ3v) is 5.61. The molecule has 6 heteroatoms. The summed E-state index contributed by atoms with van der Waals surface area (Å²) in [6, 6.07) is 7.03. The first kappa shape index (κ1) is 17.4. The number of nitrogens with one attached hydrogen (secondary N) is 1. The first-order chi connectivity index (χ1) is 10.3. The van der Waals surface area contributed by atoms with Gasteiger partial charge in [0.1, 0.15) is 0 Å². The summed E-state index contributed by atoms with van der Waals surface area (Å²) in [5.41, 5.74) is 6.99. The van der Waals surface area contributed by atoms with Crippen molar-refractivity contribution < 1.29 is 8.42 Å². The van der Waals surface area contributed by atoms with Crippen LogP contribution < -0.4 is 10.5 Å². The number of rotatable bonds is 6. The van der Waals surface area contributed by atoms with Crippen molar-refractivity contribution in [3.8, 4) is 0 Å². The topological polar surface area (TPSA) is 75.4 Å². The Morgan fingerprint density at radius 1 is 1.14 bits per heavy atom. The lowest BCUT2D eigenvalue weighted by Gasteiger charge is -2.33. The molecule has 0 atom stereocenters. The van der Waals surface area contributed by atoms with E-state index in [0.29, 0.717) is 11.4 Å². The van der Waals surface area contributed by atoms with E-state index in [9.17, 15) is 8.42 Å². The Morgan fingerprint density at radius 2 is 1.73 bits per heavy atom. The summed E-state index contributed by atoms with van der Waals surface area (Å²) in [4.78, 5) is 2.35. The number of sulfonamides is 1. The molecular weight excluding hydrogens is 298 g/mol. The summed E-state index contributed by atoms with van der Waals surface area (Å²) >= 11 is 0. The molecule has 22 heavy (non-hydrogen) atoms. The maximum Gasteiger partial charge on any atom is 0.240 e. The fourth-order valence-electron chi connectivity index (χ4n) is 2.89. The van der Waals surface area contributed by atoms with E-state index in [0.717, 1.165) is 37.8 Å². The molecule has 1 aromatic rings. The smallest absolute Gasteiger partial charge is 0.240 e. The largest absolute Gasteiger partial charge is 0.324 e. The van der Waals surface area contributed by atoms with Gasteiger partial charge in [0.05, 0.1) is 4.90 Å². The molecule has 0 saturated heterocycles. The summed E-state index contributed by atoms with van der Waals surface area (Å²) in [6.07, 6.45) is 5.13. The van der Waals surface area contributed by atoms with Crippen molar-refractivity contribution in [3.05, 3.63) is 29.8 Å². The maximum atomic E-state index is 12.4. The van der Waals surface area contributed by atoms with Crippen LogP contribution in [0.25, 0.3) is 0 Å². The van der Waals surface area contributed by atoms with Crippen LogP contribution in [0.3, 0.4) is 0 Å². The molecule has 5 nitrogen and oxygen atoms in total. The van der Waals surface area contributed by atoms with Gasteiger partial charge in [-0.15, -0.1) is 0 Å². The van der Waals surface area contributed by atoms with Crippen LogP contribution in [0.4, 0.5) is 0 Å². The molecule has 124 valence electrons. The minimum atomic E-state index is -3.49. The first-order valence-electron chi connectivity index (χ1n) is 7.83. The molecule has 0 aromatic heterocycles. The van der Waals surface area contributed by atoms with E-state index in [-0.39, 0.29) is 0 Å². The van der Waals surface area contributed by atoms with E-state index in [1.165, 1.54) is 6.42 Å². The summed E-state index contributed by atoms with van der Waals surface area (Å²) in [5, 5.41) is 0. The highest BCUT2D eigenvalue weighted by Crippen LogP contribution is 2.25. The lowest BCUT2D eigenvalue weighted by Crippen LogP contribution is -2.51. The van der Waals surface area contributed by atoms with Gasteiger partial charge in [0, 0.05) is 18.6 Å². The van der Waals surface area contributed by atoms with Gasteiger partial charge >= 0.3 is 0 Å². The van der Waals surface area contributed by atoms with Crippen LogP contribution in [0.2, 0.25) is 0 Å². The van der Waals surface area contributed by atoms with Crippen molar-refractivity contribution in [1.29, 1.82) is 0 Å². The SMILES string of the molecule is CN(C)Cc1ccc(S(=O)(=O)NCC2(N)CCCCC2)cc1. The Morgan fingerprint density at radius 3 is 2.27 bits per heavy atom. The second-order valence-corrected chi connectivity index (χ2v) is 8.40. The van der Waals surface area contributed by atoms with Crippen LogP contribution >= 0.6 is 0 Å². The van der Waals surface area contributed by atoms with Crippen LogP contribution in [-0.4, -0.2) is 39.5 Å². The molecule has 1 aromatic carbocycles. The second-order valence-electron chi connectivity index (χ2n) is 6.63. The lowest BCUT2D eigenvalue weighted by atomic mass is 9.83. The zero-order chi connectivity index (χ0) is 16.2. The van der Waals surface area contributed by atoms with Crippen LogP contribution in [0.1, 0.15) is 37.7 Å². The van der Waals surface area contributed by atoms with E-state index in [4.69, 9.17) is 5.73 Å². The maximum absolute atomic E-state index is 12.4. The third-order valence-electron chi connectivity index (χ3n) is 4.20. The number of nitrogens with zero attached hydrogens (tertiary/aromatic N) is 1. The van der Waals surface area contributed by atoms with Crippen LogP contribution in [0.5, 0.6) is 0 Å². The van der Waals surface area contributed by atoms with Gasteiger partial charge < -0.3 is 10.6 Å². The van der Waals surface area contributed by atoms with E-state index in [2.05, 4.69) is 4.72 Å². The van der Waals surface area contributed by atoms with Gasteiger partial charge in [-0.1, -0.05) is 31.4 Å². The van der Waals surface area contributed by atoms with E-state index < -0.39 is 15.6 Å². The fourth-order valence-corrected chi connectivity index (χ4v) is 4.03. The molecule has 2 rings (SSSR count). The number of nitrogens with two attached hydrogens (primary N) is 1. The Hall–Kier alpha value is -0.950. The van der Waals surface area contributed by atoms with Gasteiger partial charge in [0.25, 0.3) is 0 Å². The van der Waals surface area contributed by atoms with Crippen molar-refractivity contribution in [2.75, 3.05) is 20.6 Å². The van der Waals surface area contributed by atoms with Gasteiger partial charge in [0.2, 0.25) is 10.0 Å². The molecule has 0 bridgehead atoms. The third kappa shape index (κ3) is 4.78. The lowest BCUT2D eigenvalue weighted by molar-refractivity contribution is 0.296. The normalized spacial score (nSPS) is 18.5. The Bertz CT molecular complexity index is 576. The number of benzene rings is 1. The quantitative estimate of drug-likeness (QED) is 0.834. The number of hydrogen-bond acceptors (Lipinski definition) is 4. The van der Waals surface area contributed by atoms with E-state index in [1.807, 2.05) is 31.1 Å². The zero-order valence-corrected chi connectivity index (χ0v) is 14.3. The van der Waals surface area contributed by atoms with Crippen LogP contribution in [0.15, 0.2) is 29.2 Å². The van der Waals surface area contributed by atoms with Gasteiger partial charge in [0.15, 0.2) is 0 Å². The Kier molecular flexibility index (Phi) is 5.60. The highest BCUT2D eigenvalue weighted by Gasteiger charge is 2.29. The predicted octanol–water partition coefficient (Wildman–Crippen LogP) is 1.69. The second kappa shape index (κ2) is 7.08. The minimum absolute atomic E-state index is 0.300. The van der Waals surface area contributed by atoms with Crippen molar-refractivity contribution >= 4 is 10.0 Å². The van der Waals surface area contributed by atoms with Crippen molar-refractivity contribution in [3.63, 3.8) is 0 Å². The van der Waals surface area contributed by atoms with Gasteiger partial charge in [-0.25, -0.2) is 13.1 Å². The van der Waals surface area contributed by atoms with Crippen LogP contribution in [0, 0.1) is 0 Å². The van der Waals surface area contributed by atoms with E-state index >= 15 is 0 Å². The minimum Gasteiger partial charge on any atom is -0.324 e. The average Bonchev–Trinajstić information content (AvgIpc) is 2.46. The molecular formula is C16H27N3O2S. The zero-order valence-electron chi connectivity index (χ0n) is 13.5. The van der Waals surface area contributed by atoms with E-state index in [1.54, 1.807) is 12.1 Å². The Balaban J connectivity index is 2.00. The van der Waals surface area contributed by atoms with Crippen LogP contribution in [-0.2, 0) is 16.6 Å². The summed E-state index contributed by atoms with van der Waals surface area (Å²) in [5.74, 6) is 0. The summed E-state index contributed by atoms with van der Waals surface area (Å²) in [6.45, 7) is 1.11. The Labute approximate surface area is 133 Å². The number of hydrogen-bond donors (Lipinski definition) is 2. The van der Waals surface area contributed by atoms with Crippen molar-refractivity contribution in [1.82, 2.24) is 9.62 Å². The monoisotopic (exact) mass is 325 g/mol. The standard InChI is InChI=1S/C16H27N3O2S/c1-19(2)12-14-6-8-15(9-7-14)22(20,21)18-13-16(17)10-4-3-5-11-16/h6-9,18H,3-5,10-13,17H2,1-2H3. The molecule has 1 fully saturated rings. The van der Waals surface area contributed by atoms with Gasteiger partial charge in [-0.05, 0) is 44.6 Å². The molecule has 0 amide bonds. The molecule has 1 saturated carbocycles. The molecule has 0 heterocycles. The summed E-state index contributed by atoms with van der Waals surface area (Å²) in [7, 11) is 0.480. The van der Waals surface area contributed by atoms with Crippen molar-refractivity contribution in [2.24, 2.45) is 5.73 Å². The molecule has 0 unspecified atom stereocenters. The van der Waals surface area contributed by atoms with Crippen molar-refractivity contribution in [2.45, 2.75) is 49.1 Å². The highest BCUT2D eigenvalue weighted by molar-refractivity contribution is 7.89. The van der Waals surface area contributed by atoms with Gasteiger partial charge in [-0.3, -0.25) is 0 Å². The molecule has 0 spiro atoms. The molecule has 0 aliphatic heterocycles. The fraction of sp³-hybridized carbons (Fsp3) is 0.625. The molecule has 1 aliphatic rings. The average molecular weight is 325 g/mol. The predicted molar refractivity (Wildman–Crippen MR) is 89.0 cm³/mol. The van der Waals surface area contributed by atoms with Gasteiger partial charge in [-0.2, -0.15) is 0 Å².